The fourth-order valence-electron chi connectivity index (χ4n) is 3.74. The Kier molecular flexibility index (Phi) is 6.08. The molecular formula is C24H23NO3S. The predicted molar refractivity (Wildman–Crippen MR) is 117 cm³/mol. The second-order valence-electron chi connectivity index (χ2n) is 6.90. The van der Waals surface area contributed by atoms with Gasteiger partial charge in [0.05, 0.1) is 6.61 Å². The fraction of sp³-hybridized carbons (Fsp3) is 0.208. The van der Waals surface area contributed by atoms with E-state index in [2.05, 4.69) is 29.6 Å². The summed E-state index contributed by atoms with van der Waals surface area (Å²) in [5.41, 5.74) is 5.88. The Labute approximate surface area is 174 Å². The van der Waals surface area contributed by atoms with Crippen LogP contribution in [0.3, 0.4) is 0 Å². The van der Waals surface area contributed by atoms with Gasteiger partial charge in [-0.1, -0.05) is 60.7 Å². The van der Waals surface area contributed by atoms with Crippen LogP contribution < -0.4 is 5.32 Å². The Bertz CT molecular complexity index is 979. The summed E-state index contributed by atoms with van der Waals surface area (Å²) in [5, 5.41) is 14.0. The molecule has 148 valence electrons. The van der Waals surface area contributed by atoms with Crippen molar-refractivity contribution in [2.45, 2.75) is 18.9 Å². The largest absolute Gasteiger partial charge is 0.449 e. The molecule has 1 aliphatic carbocycles. The number of alkyl carbamates (subject to hydrolysis) is 1. The summed E-state index contributed by atoms with van der Waals surface area (Å²) in [6.07, 6.45) is 4.27. The van der Waals surface area contributed by atoms with Gasteiger partial charge in [0, 0.05) is 17.3 Å². The summed E-state index contributed by atoms with van der Waals surface area (Å²) in [7, 11) is 0. The van der Waals surface area contributed by atoms with E-state index in [1.165, 1.54) is 33.6 Å². The lowest BCUT2D eigenvalue weighted by molar-refractivity contribution is 0.143. The van der Waals surface area contributed by atoms with Crippen molar-refractivity contribution in [1.82, 2.24) is 5.32 Å². The highest BCUT2D eigenvalue weighted by Gasteiger charge is 2.28. The molecule has 3 aromatic rings. The number of rotatable bonds is 7. The Morgan fingerprint density at radius 3 is 2.45 bits per heavy atom. The lowest BCUT2D eigenvalue weighted by atomic mass is 9.98. The van der Waals surface area contributed by atoms with Crippen molar-refractivity contribution in [3.8, 4) is 11.1 Å². The zero-order valence-corrected chi connectivity index (χ0v) is 16.8. The molecule has 0 atom stereocenters. The minimum atomic E-state index is -0.396. The quantitative estimate of drug-likeness (QED) is 0.532. The van der Waals surface area contributed by atoms with Gasteiger partial charge in [0.1, 0.15) is 6.61 Å². The van der Waals surface area contributed by atoms with Gasteiger partial charge in [-0.25, -0.2) is 4.79 Å². The standard InChI is InChI=1S/C24H23NO3S/c26-15-23-17(12-14-29-23)7-5-6-13-25-24(27)28-16-22-20-10-3-1-8-18(20)19-9-2-4-11-21(19)22/h1-5,7-12,14,22,26H,6,13,15-16H2,(H,25,27). The number of hydrogen-bond acceptors (Lipinski definition) is 4. The van der Waals surface area contributed by atoms with E-state index in [4.69, 9.17) is 4.74 Å². The average Bonchev–Trinajstić information content (AvgIpc) is 3.34. The van der Waals surface area contributed by atoms with Crippen LogP contribution in [0.25, 0.3) is 17.2 Å². The van der Waals surface area contributed by atoms with Crippen LogP contribution in [-0.2, 0) is 11.3 Å². The van der Waals surface area contributed by atoms with E-state index in [1.807, 2.05) is 47.9 Å². The van der Waals surface area contributed by atoms with Gasteiger partial charge in [-0.05, 0) is 45.7 Å². The average molecular weight is 406 g/mol. The first kappa shape index (κ1) is 19.4. The summed E-state index contributed by atoms with van der Waals surface area (Å²) >= 11 is 1.54. The highest BCUT2D eigenvalue weighted by atomic mass is 32.1. The Morgan fingerprint density at radius 1 is 1.07 bits per heavy atom. The summed E-state index contributed by atoms with van der Waals surface area (Å²) in [6, 6.07) is 18.6. The Morgan fingerprint density at radius 2 is 1.76 bits per heavy atom. The molecule has 5 heteroatoms. The minimum Gasteiger partial charge on any atom is -0.449 e. The maximum absolute atomic E-state index is 12.1. The van der Waals surface area contributed by atoms with E-state index >= 15 is 0 Å². The van der Waals surface area contributed by atoms with Crippen molar-refractivity contribution in [1.29, 1.82) is 0 Å². The molecule has 0 fully saturated rings. The lowest BCUT2D eigenvalue weighted by Gasteiger charge is -2.14. The first-order valence-corrected chi connectivity index (χ1v) is 10.6. The number of ether oxygens (including phenoxy) is 1. The number of aliphatic hydroxyl groups is 1. The van der Waals surface area contributed by atoms with Gasteiger partial charge in [-0.15, -0.1) is 11.3 Å². The third-order valence-electron chi connectivity index (χ3n) is 5.14. The van der Waals surface area contributed by atoms with Gasteiger partial charge in [-0.3, -0.25) is 0 Å². The van der Waals surface area contributed by atoms with Crippen LogP contribution in [0.5, 0.6) is 0 Å². The molecule has 1 aliphatic rings. The van der Waals surface area contributed by atoms with Gasteiger partial charge in [0.15, 0.2) is 0 Å². The van der Waals surface area contributed by atoms with E-state index in [9.17, 15) is 9.90 Å². The Hall–Kier alpha value is -2.89. The molecule has 1 aromatic heterocycles. The van der Waals surface area contributed by atoms with Crippen LogP contribution in [0.4, 0.5) is 4.79 Å². The van der Waals surface area contributed by atoms with Crippen LogP contribution in [0, 0.1) is 0 Å². The molecule has 0 radical (unpaired) electrons. The number of amides is 1. The zero-order chi connectivity index (χ0) is 20.1. The minimum absolute atomic E-state index is 0.0509. The van der Waals surface area contributed by atoms with Gasteiger partial charge in [0.2, 0.25) is 0 Å². The second kappa shape index (κ2) is 9.07. The fourth-order valence-corrected chi connectivity index (χ4v) is 4.47. The third kappa shape index (κ3) is 4.26. The SMILES string of the molecule is O=C(NCCC=Cc1ccsc1CO)OCC1c2ccccc2-c2ccccc21. The van der Waals surface area contributed by atoms with Gasteiger partial charge < -0.3 is 15.2 Å². The van der Waals surface area contributed by atoms with E-state index < -0.39 is 6.09 Å². The maximum atomic E-state index is 12.1. The van der Waals surface area contributed by atoms with E-state index in [0.29, 0.717) is 19.6 Å². The van der Waals surface area contributed by atoms with Crippen molar-refractivity contribution in [2.24, 2.45) is 0 Å². The molecule has 0 unspecified atom stereocenters. The van der Waals surface area contributed by atoms with Gasteiger partial charge in [0.25, 0.3) is 0 Å². The van der Waals surface area contributed by atoms with Crippen molar-refractivity contribution in [3.05, 3.63) is 87.6 Å². The zero-order valence-electron chi connectivity index (χ0n) is 16.0. The maximum Gasteiger partial charge on any atom is 0.407 e. The monoisotopic (exact) mass is 405 g/mol. The molecule has 1 amide bonds. The number of benzene rings is 2. The molecule has 1 heterocycles. The molecule has 4 nitrogen and oxygen atoms in total. The molecule has 0 spiro atoms. The second-order valence-corrected chi connectivity index (χ2v) is 7.90. The molecule has 0 bridgehead atoms. The number of fused-ring (bicyclic) bond motifs is 3. The molecule has 2 N–H and O–H groups in total. The smallest absolute Gasteiger partial charge is 0.407 e. The van der Waals surface area contributed by atoms with Crippen LogP contribution >= 0.6 is 11.3 Å². The van der Waals surface area contributed by atoms with Crippen molar-refractivity contribution in [2.75, 3.05) is 13.2 Å². The lowest BCUT2D eigenvalue weighted by Crippen LogP contribution is -2.26. The summed E-state index contributed by atoms with van der Waals surface area (Å²) in [5.74, 6) is 0.0727. The Balaban J connectivity index is 1.28. The number of aliphatic hydroxyl groups excluding tert-OH is 1. The molecular weight excluding hydrogens is 382 g/mol. The topological polar surface area (TPSA) is 58.6 Å². The predicted octanol–water partition coefficient (Wildman–Crippen LogP) is 5.18. The number of hydrogen-bond donors (Lipinski definition) is 2. The summed E-state index contributed by atoms with van der Waals surface area (Å²) in [4.78, 5) is 13.1. The highest BCUT2D eigenvalue weighted by molar-refractivity contribution is 7.10. The van der Waals surface area contributed by atoms with Crippen LogP contribution in [0.15, 0.2) is 66.1 Å². The highest BCUT2D eigenvalue weighted by Crippen LogP contribution is 2.44. The summed E-state index contributed by atoms with van der Waals surface area (Å²) in [6.45, 7) is 0.881. The van der Waals surface area contributed by atoms with Crippen LogP contribution in [0.1, 0.15) is 33.9 Å². The number of carbonyl (C=O) groups excluding carboxylic acids is 1. The molecule has 0 saturated heterocycles. The number of nitrogens with one attached hydrogen (secondary N) is 1. The summed E-state index contributed by atoms with van der Waals surface area (Å²) < 4.78 is 5.52. The van der Waals surface area contributed by atoms with Crippen molar-refractivity contribution in [3.63, 3.8) is 0 Å². The first-order chi connectivity index (χ1) is 14.3. The number of carbonyl (C=O) groups is 1. The molecule has 29 heavy (non-hydrogen) atoms. The molecule has 0 aliphatic heterocycles. The first-order valence-electron chi connectivity index (χ1n) is 9.70. The van der Waals surface area contributed by atoms with Gasteiger partial charge in [-0.2, -0.15) is 0 Å². The van der Waals surface area contributed by atoms with Crippen LogP contribution in [-0.4, -0.2) is 24.4 Å². The third-order valence-corrected chi connectivity index (χ3v) is 6.07. The van der Waals surface area contributed by atoms with E-state index in [-0.39, 0.29) is 12.5 Å². The molecule has 0 saturated carbocycles. The van der Waals surface area contributed by atoms with Crippen molar-refractivity contribution < 1.29 is 14.6 Å². The number of thiophene rings is 1. The van der Waals surface area contributed by atoms with E-state index in [0.717, 1.165) is 10.4 Å². The van der Waals surface area contributed by atoms with Crippen LogP contribution in [0.2, 0.25) is 0 Å². The van der Waals surface area contributed by atoms with E-state index in [1.54, 1.807) is 0 Å². The molecule has 4 rings (SSSR count). The molecule has 2 aromatic carbocycles. The van der Waals surface area contributed by atoms with Crippen molar-refractivity contribution >= 4 is 23.5 Å². The van der Waals surface area contributed by atoms with Gasteiger partial charge >= 0.3 is 6.09 Å². The normalized spacial score (nSPS) is 12.7.